The Bertz CT molecular complexity index is 418. The summed E-state index contributed by atoms with van der Waals surface area (Å²) in [6.45, 7) is 2.21. The SMILES string of the molecule is CC1(CCCCc2ccccc2)C=CCC(=O)C1. The van der Waals surface area contributed by atoms with Crippen molar-refractivity contribution >= 4 is 5.78 Å². The number of rotatable bonds is 5. The van der Waals surface area contributed by atoms with E-state index >= 15 is 0 Å². The normalized spacial score (nSPS) is 23.3. The van der Waals surface area contributed by atoms with Crippen molar-refractivity contribution in [3.63, 3.8) is 0 Å². The van der Waals surface area contributed by atoms with Crippen LogP contribution in [0.2, 0.25) is 0 Å². The van der Waals surface area contributed by atoms with E-state index in [1.54, 1.807) is 0 Å². The van der Waals surface area contributed by atoms with Crippen molar-refractivity contribution in [1.82, 2.24) is 0 Å². The molecule has 0 fully saturated rings. The van der Waals surface area contributed by atoms with E-state index in [1.165, 1.54) is 18.4 Å². The zero-order valence-corrected chi connectivity index (χ0v) is 11.2. The van der Waals surface area contributed by atoms with Crippen molar-refractivity contribution in [2.75, 3.05) is 0 Å². The van der Waals surface area contributed by atoms with Gasteiger partial charge in [0, 0.05) is 12.8 Å². The number of ketones is 1. The molecule has 0 heterocycles. The topological polar surface area (TPSA) is 17.1 Å². The third-order valence-corrected chi connectivity index (χ3v) is 3.77. The zero-order valence-electron chi connectivity index (χ0n) is 11.2. The molecule has 1 unspecified atom stereocenters. The molecule has 1 aromatic carbocycles. The lowest BCUT2D eigenvalue weighted by molar-refractivity contribution is -0.120. The average molecular weight is 242 g/mol. The number of hydrogen-bond donors (Lipinski definition) is 0. The molecule has 1 heteroatoms. The molecular weight excluding hydrogens is 220 g/mol. The smallest absolute Gasteiger partial charge is 0.137 e. The summed E-state index contributed by atoms with van der Waals surface area (Å²) in [5.74, 6) is 0.392. The van der Waals surface area contributed by atoms with Crippen LogP contribution in [0.15, 0.2) is 42.5 Å². The predicted octanol–water partition coefficient (Wildman–Crippen LogP) is 4.32. The Labute approximate surface area is 110 Å². The maximum absolute atomic E-state index is 11.5. The Balaban J connectivity index is 1.74. The number of hydrogen-bond acceptors (Lipinski definition) is 1. The van der Waals surface area contributed by atoms with Gasteiger partial charge in [-0.15, -0.1) is 0 Å². The Kier molecular flexibility index (Phi) is 4.35. The maximum Gasteiger partial charge on any atom is 0.137 e. The summed E-state index contributed by atoms with van der Waals surface area (Å²) in [6, 6.07) is 10.6. The molecule has 18 heavy (non-hydrogen) atoms. The number of carbonyl (C=O) groups excluding carboxylic acids is 1. The Hall–Kier alpha value is -1.37. The molecule has 0 bridgehead atoms. The number of aryl methyl sites for hydroxylation is 1. The summed E-state index contributed by atoms with van der Waals surface area (Å²) >= 11 is 0. The third kappa shape index (κ3) is 3.83. The Morgan fingerprint density at radius 1 is 1.17 bits per heavy atom. The van der Waals surface area contributed by atoms with Crippen LogP contribution < -0.4 is 0 Å². The lowest BCUT2D eigenvalue weighted by Gasteiger charge is -2.28. The van der Waals surface area contributed by atoms with Crippen molar-refractivity contribution in [1.29, 1.82) is 0 Å². The van der Waals surface area contributed by atoms with Gasteiger partial charge < -0.3 is 0 Å². The van der Waals surface area contributed by atoms with Crippen LogP contribution in [0.25, 0.3) is 0 Å². The van der Waals surface area contributed by atoms with E-state index in [4.69, 9.17) is 0 Å². The first kappa shape index (κ1) is 13.1. The van der Waals surface area contributed by atoms with E-state index < -0.39 is 0 Å². The van der Waals surface area contributed by atoms with Gasteiger partial charge in [0.05, 0.1) is 0 Å². The van der Waals surface area contributed by atoms with Gasteiger partial charge in [-0.05, 0) is 30.2 Å². The quantitative estimate of drug-likeness (QED) is 0.555. The van der Waals surface area contributed by atoms with Gasteiger partial charge in [-0.25, -0.2) is 0 Å². The van der Waals surface area contributed by atoms with Gasteiger partial charge in [0.1, 0.15) is 5.78 Å². The highest BCUT2D eigenvalue weighted by Crippen LogP contribution is 2.34. The number of Topliss-reactive ketones (excluding diaryl/α,β-unsaturated/α-hetero) is 1. The summed E-state index contributed by atoms with van der Waals surface area (Å²) in [5, 5.41) is 0. The van der Waals surface area contributed by atoms with Crippen molar-refractivity contribution in [3.8, 4) is 0 Å². The van der Waals surface area contributed by atoms with E-state index in [2.05, 4.69) is 43.3 Å². The van der Waals surface area contributed by atoms with Gasteiger partial charge in [0.15, 0.2) is 0 Å². The molecule has 0 amide bonds. The minimum Gasteiger partial charge on any atom is -0.299 e. The Morgan fingerprint density at radius 3 is 2.67 bits per heavy atom. The van der Waals surface area contributed by atoms with Crippen LogP contribution in [0, 0.1) is 5.41 Å². The molecule has 0 N–H and O–H groups in total. The van der Waals surface area contributed by atoms with Crippen molar-refractivity contribution < 1.29 is 4.79 Å². The summed E-state index contributed by atoms with van der Waals surface area (Å²) in [7, 11) is 0. The number of unbranched alkanes of at least 4 members (excludes halogenated alkanes) is 1. The zero-order chi connectivity index (χ0) is 12.8. The molecule has 1 aliphatic rings. The van der Waals surface area contributed by atoms with Crippen LogP contribution in [0.1, 0.15) is 44.6 Å². The van der Waals surface area contributed by atoms with Gasteiger partial charge in [0.25, 0.3) is 0 Å². The standard InChI is InChI=1S/C17H22O/c1-17(13-7-11-16(18)14-17)12-6-5-10-15-8-3-2-4-9-15/h2-4,7-9,13H,5-6,10-12,14H2,1H3. The highest BCUT2D eigenvalue weighted by molar-refractivity contribution is 5.82. The van der Waals surface area contributed by atoms with Gasteiger partial charge in [-0.3, -0.25) is 4.79 Å². The molecule has 0 spiro atoms. The number of benzene rings is 1. The fraction of sp³-hybridized carbons (Fsp3) is 0.471. The third-order valence-electron chi connectivity index (χ3n) is 3.77. The molecule has 2 rings (SSSR count). The predicted molar refractivity (Wildman–Crippen MR) is 75.5 cm³/mol. The highest BCUT2D eigenvalue weighted by Gasteiger charge is 2.26. The van der Waals surface area contributed by atoms with Crippen molar-refractivity contribution in [3.05, 3.63) is 48.0 Å². The van der Waals surface area contributed by atoms with Gasteiger partial charge in [0.2, 0.25) is 0 Å². The molecule has 96 valence electrons. The second-order valence-electron chi connectivity index (χ2n) is 5.67. The fourth-order valence-corrected chi connectivity index (χ4v) is 2.73. The molecule has 0 aromatic heterocycles. The van der Waals surface area contributed by atoms with E-state index in [-0.39, 0.29) is 5.41 Å². The molecule has 0 saturated heterocycles. The average Bonchev–Trinajstić information content (AvgIpc) is 2.36. The lowest BCUT2D eigenvalue weighted by atomic mass is 9.76. The fourth-order valence-electron chi connectivity index (χ4n) is 2.73. The van der Waals surface area contributed by atoms with Gasteiger partial charge in [-0.2, -0.15) is 0 Å². The van der Waals surface area contributed by atoms with Crippen LogP contribution in [0.4, 0.5) is 0 Å². The molecule has 1 aromatic rings. The van der Waals surface area contributed by atoms with E-state index in [0.29, 0.717) is 12.2 Å². The van der Waals surface area contributed by atoms with Crippen molar-refractivity contribution in [2.45, 2.75) is 45.4 Å². The lowest BCUT2D eigenvalue weighted by Crippen LogP contribution is -2.21. The van der Waals surface area contributed by atoms with Crippen LogP contribution >= 0.6 is 0 Å². The summed E-state index contributed by atoms with van der Waals surface area (Å²) < 4.78 is 0. The van der Waals surface area contributed by atoms with E-state index in [1.807, 2.05) is 6.08 Å². The first-order chi connectivity index (χ1) is 8.68. The maximum atomic E-state index is 11.5. The second-order valence-corrected chi connectivity index (χ2v) is 5.67. The minimum absolute atomic E-state index is 0.117. The van der Waals surface area contributed by atoms with Gasteiger partial charge in [-0.1, -0.05) is 55.8 Å². The van der Waals surface area contributed by atoms with Crippen LogP contribution in [-0.4, -0.2) is 5.78 Å². The molecule has 0 aliphatic heterocycles. The molecule has 0 saturated carbocycles. The first-order valence-corrected chi connectivity index (χ1v) is 6.91. The minimum atomic E-state index is 0.117. The number of allylic oxidation sites excluding steroid dienone is 2. The van der Waals surface area contributed by atoms with Crippen LogP contribution in [0.5, 0.6) is 0 Å². The first-order valence-electron chi connectivity index (χ1n) is 6.91. The largest absolute Gasteiger partial charge is 0.299 e. The van der Waals surface area contributed by atoms with Crippen LogP contribution in [0.3, 0.4) is 0 Å². The highest BCUT2D eigenvalue weighted by atomic mass is 16.1. The van der Waals surface area contributed by atoms with E-state index in [0.717, 1.165) is 19.3 Å². The second kappa shape index (κ2) is 5.99. The summed E-state index contributed by atoms with van der Waals surface area (Å²) in [5.41, 5.74) is 1.53. The molecular formula is C17H22O. The molecule has 1 nitrogen and oxygen atoms in total. The number of carbonyl (C=O) groups is 1. The monoisotopic (exact) mass is 242 g/mol. The Morgan fingerprint density at radius 2 is 1.94 bits per heavy atom. The summed E-state index contributed by atoms with van der Waals surface area (Å²) in [4.78, 5) is 11.5. The van der Waals surface area contributed by atoms with Crippen molar-refractivity contribution in [2.24, 2.45) is 5.41 Å². The van der Waals surface area contributed by atoms with Gasteiger partial charge >= 0.3 is 0 Å². The molecule has 1 aliphatic carbocycles. The molecule has 1 atom stereocenters. The van der Waals surface area contributed by atoms with Crippen LogP contribution in [-0.2, 0) is 11.2 Å². The van der Waals surface area contributed by atoms with E-state index in [9.17, 15) is 4.79 Å². The molecule has 0 radical (unpaired) electrons. The summed E-state index contributed by atoms with van der Waals surface area (Å²) in [6.07, 6.45) is 10.3.